The van der Waals surface area contributed by atoms with Crippen molar-refractivity contribution in [2.45, 2.75) is 25.9 Å². The van der Waals surface area contributed by atoms with Crippen LogP contribution >= 0.6 is 0 Å². The first-order valence-corrected chi connectivity index (χ1v) is 7.57. The first-order valence-electron chi connectivity index (χ1n) is 7.57. The Kier molecular flexibility index (Phi) is 5.73. The molecule has 0 amide bonds. The number of benzene rings is 1. The summed E-state index contributed by atoms with van der Waals surface area (Å²) < 4.78 is 15.9. The Morgan fingerprint density at radius 3 is 2.50 bits per heavy atom. The second-order valence-corrected chi connectivity index (χ2v) is 5.58. The van der Waals surface area contributed by atoms with Gasteiger partial charge in [0.1, 0.15) is 18.7 Å². The quantitative estimate of drug-likeness (QED) is 0.563. The molecular weight excluding hydrogens is 312 g/mol. The summed E-state index contributed by atoms with van der Waals surface area (Å²) in [5.41, 5.74) is 1.71. The van der Waals surface area contributed by atoms with Gasteiger partial charge in [-0.1, -0.05) is 5.57 Å². The highest BCUT2D eigenvalue weighted by Crippen LogP contribution is 2.36. The van der Waals surface area contributed by atoms with Gasteiger partial charge in [0.15, 0.2) is 11.5 Å². The zero-order chi connectivity index (χ0) is 17.7. The van der Waals surface area contributed by atoms with Crippen molar-refractivity contribution in [2.75, 3.05) is 14.2 Å². The maximum absolute atomic E-state index is 12.4. The molecule has 6 heteroatoms. The second-order valence-electron chi connectivity index (χ2n) is 5.58. The standard InChI is InChI=1S/C18H20O6/c1-11-8-16(13(6-7-19)14(11)10-20)24-18(21)12-4-5-15(22-2)17(9-12)23-3/h4-5,7,9-10,13,16H,6,8H2,1-3H3. The molecule has 1 aromatic rings. The van der Waals surface area contributed by atoms with E-state index >= 15 is 0 Å². The third-order valence-electron chi connectivity index (χ3n) is 4.20. The molecule has 2 unspecified atom stereocenters. The summed E-state index contributed by atoms with van der Waals surface area (Å²) in [6.45, 7) is 1.81. The number of hydrogen-bond donors (Lipinski definition) is 0. The summed E-state index contributed by atoms with van der Waals surface area (Å²) in [6.07, 6.45) is 1.56. The molecule has 2 rings (SSSR count). The van der Waals surface area contributed by atoms with Gasteiger partial charge in [0, 0.05) is 18.8 Å². The first kappa shape index (κ1) is 17.7. The molecule has 24 heavy (non-hydrogen) atoms. The molecule has 1 aliphatic carbocycles. The summed E-state index contributed by atoms with van der Waals surface area (Å²) in [5.74, 6) is 0.0149. The van der Waals surface area contributed by atoms with Crippen molar-refractivity contribution in [3.63, 3.8) is 0 Å². The lowest BCUT2D eigenvalue weighted by molar-refractivity contribution is -0.109. The van der Waals surface area contributed by atoms with Gasteiger partial charge in [-0.15, -0.1) is 0 Å². The van der Waals surface area contributed by atoms with Crippen molar-refractivity contribution in [3.05, 3.63) is 34.9 Å². The third-order valence-corrected chi connectivity index (χ3v) is 4.20. The Morgan fingerprint density at radius 2 is 1.92 bits per heavy atom. The molecule has 0 spiro atoms. The fourth-order valence-corrected chi connectivity index (χ4v) is 2.94. The summed E-state index contributed by atoms with van der Waals surface area (Å²) in [5, 5.41) is 0. The van der Waals surface area contributed by atoms with Crippen LogP contribution in [0.3, 0.4) is 0 Å². The van der Waals surface area contributed by atoms with Gasteiger partial charge in [-0.2, -0.15) is 0 Å². The lowest BCUT2D eigenvalue weighted by Crippen LogP contribution is -2.25. The fraction of sp³-hybridized carbons (Fsp3) is 0.389. The van der Waals surface area contributed by atoms with Crippen molar-refractivity contribution in [3.8, 4) is 11.5 Å². The zero-order valence-electron chi connectivity index (χ0n) is 13.9. The highest BCUT2D eigenvalue weighted by molar-refractivity contribution is 5.90. The number of carbonyl (C=O) groups is 3. The summed E-state index contributed by atoms with van der Waals surface area (Å²) in [7, 11) is 2.99. The number of rotatable bonds is 7. The Labute approximate surface area is 140 Å². The van der Waals surface area contributed by atoms with E-state index in [1.165, 1.54) is 20.3 Å². The third kappa shape index (κ3) is 3.48. The topological polar surface area (TPSA) is 78.9 Å². The van der Waals surface area contributed by atoms with Gasteiger partial charge >= 0.3 is 5.97 Å². The van der Waals surface area contributed by atoms with E-state index in [0.717, 1.165) is 18.1 Å². The fourth-order valence-electron chi connectivity index (χ4n) is 2.94. The van der Waals surface area contributed by atoms with E-state index < -0.39 is 12.1 Å². The van der Waals surface area contributed by atoms with Crippen molar-refractivity contribution in [1.29, 1.82) is 0 Å². The number of ether oxygens (including phenoxy) is 3. The van der Waals surface area contributed by atoms with Crippen LogP contribution in [-0.4, -0.2) is 38.9 Å². The molecule has 0 bridgehead atoms. The van der Waals surface area contributed by atoms with Crippen LogP contribution in [0.15, 0.2) is 29.3 Å². The minimum absolute atomic E-state index is 0.148. The maximum atomic E-state index is 12.4. The van der Waals surface area contributed by atoms with Gasteiger partial charge in [-0.3, -0.25) is 4.79 Å². The zero-order valence-corrected chi connectivity index (χ0v) is 13.9. The molecule has 0 aromatic heterocycles. The van der Waals surface area contributed by atoms with Crippen LogP contribution in [-0.2, 0) is 14.3 Å². The molecule has 1 aliphatic rings. The molecule has 128 valence electrons. The summed E-state index contributed by atoms with van der Waals surface area (Å²) in [6, 6.07) is 4.73. The number of carbonyl (C=O) groups excluding carboxylic acids is 3. The average Bonchev–Trinajstić information content (AvgIpc) is 2.88. The van der Waals surface area contributed by atoms with Crippen molar-refractivity contribution >= 4 is 18.5 Å². The maximum Gasteiger partial charge on any atom is 0.338 e. The second kappa shape index (κ2) is 7.77. The molecule has 0 saturated carbocycles. The van der Waals surface area contributed by atoms with Crippen LogP contribution < -0.4 is 9.47 Å². The molecule has 0 radical (unpaired) electrons. The Balaban J connectivity index is 2.17. The Morgan fingerprint density at radius 1 is 1.21 bits per heavy atom. The van der Waals surface area contributed by atoms with Crippen LogP contribution in [0.1, 0.15) is 30.1 Å². The largest absolute Gasteiger partial charge is 0.493 e. The number of aldehydes is 2. The van der Waals surface area contributed by atoms with Crippen molar-refractivity contribution in [2.24, 2.45) is 5.92 Å². The SMILES string of the molecule is COc1ccc(C(=O)OC2CC(C)=C(C=O)C2CC=O)cc1OC. The van der Waals surface area contributed by atoms with E-state index in [9.17, 15) is 14.4 Å². The van der Waals surface area contributed by atoms with Crippen molar-refractivity contribution in [1.82, 2.24) is 0 Å². The van der Waals surface area contributed by atoms with Gasteiger partial charge in [-0.05, 0) is 30.7 Å². The number of hydrogen-bond acceptors (Lipinski definition) is 6. The van der Waals surface area contributed by atoms with Gasteiger partial charge in [0.25, 0.3) is 0 Å². The Hall–Kier alpha value is -2.63. The predicted octanol–water partition coefficient (Wildman–Crippen LogP) is 2.35. The van der Waals surface area contributed by atoms with E-state index in [0.29, 0.717) is 29.1 Å². The van der Waals surface area contributed by atoms with E-state index in [4.69, 9.17) is 14.2 Å². The molecule has 0 N–H and O–H groups in total. The number of methoxy groups -OCH3 is 2. The van der Waals surface area contributed by atoms with E-state index in [2.05, 4.69) is 0 Å². The normalized spacial score (nSPS) is 19.8. The van der Waals surface area contributed by atoms with E-state index in [1.807, 2.05) is 6.92 Å². The van der Waals surface area contributed by atoms with Crippen LogP contribution in [0.2, 0.25) is 0 Å². The first-order chi connectivity index (χ1) is 11.5. The van der Waals surface area contributed by atoms with Gasteiger partial charge in [0.2, 0.25) is 0 Å². The summed E-state index contributed by atoms with van der Waals surface area (Å²) >= 11 is 0. The smallest absolute Gasteiger partial charge is 0.338 e. The van der Waals surface area contributed by atoms with Crippen LogP contribution in [0.25, 0.3) is 0 Å². The minimum Gasteiger partial charge on any atom is -0.493 e. The van der Waals surface area contributed by atoms with E-state index in [1.54, 1.807) is 12.1 Å². The van der Waals surface area contributed by atoms with Crippen LogP contribution in [0, 0.1) is 5.92 Å². The Bertz CT molecular complexity index is 676. The average molecular weight is 332 g/mol. The molecule has 0 heterocycles. The molecule has 1 aromatic carbocycles. The molecule has 0 saturated heterocycles. The monoisotopic (exact) mass is 332 g/mol. The lowest BCUT2D eigenvalue weighted by atomic mass is 9.96. The molecule has 2 atom stereocenters. The van der Waals surface area contributed by atoms with Gasteiger partial charge in [-0.25, -0.2) is 4.79 Å². The van der Waals surface area contributed by atoms with Crippen molar-refractivity contribution < 1.29 is 28.6 Å². The highest BCUT2D eigenvalue weighted by atomic mass is 16.5. The van der Waals surface area contributed by atoms with Crippen LogP contribution in [0.5, 0.6) is 11.5 Å². The van der Waals surface area contributed by atoms with Crippen LogP contribution in [0.4, 0.5) is 0 Å². The number of esters is 1. The molecule has 0 aliphatic heterocycles. The molecular formula is C18H20O6. The molecule has 0 fully saturated rings. The lowest BCUT2D eigenvalue weighted by Gasteiger charge is -2.20. The minimum atomic E-state index is -0.531. The van der Waals surface area contributed by atoms with E-state index in [-0.39, 0.29) is 12.3 Å². The molecule has 6 nitrogen and oxygen atoms in total. The van der Waals surface area contributed by atoms with Gasteiger partial charge in [0.05, 0.1) is 19.8 Å². The predicted molar refractivity (Wildman–Crippen MR) is 86.3 cm³/mol. The highest BCUT2D eigenvalue weighted by Gasteiger charge is 2.35. The summed E-state index contributed by atoms with van der Waals surface area (Å²) in [4.78, 5) is 34.5. The van der Waals surface area contributed by atoms with Gasteiger partial charge < -0.3 is 19.0 Å².